The van der Waals surface area contributed by atoms with Crippen LogP contribution in [-0.2, 0) is 6.42 Å². The van der Waals surface area contributed by atoms with Crippen LogP contribution in [-0.4, -0.2) is 34.7 Å². The molecule has 0 spiro atoms. The van der Waals surface area contributed by atoms with Crippen molar-refractivity contribution in [1.82, 2.24) is 4.90 Å². The lowest BCUT2D eigenvalue weighted by atomic mass is 9.91. The Hall–Kier alpha value is -0.860. The molecule has 1 saturated carbocycles. The quantitative estimate of drug-likeness (QED) is 0.902. The summed E-state index contributed by atoms with van der Waals surface area (Å²) in [6, 6.07) is 11.7. The molecule has 2 fully saturated rings. The zero-order valence-electron chi connectivity index (χ0n) is 11.7. The minimum atomic E-state index is -0.144. The van der Waals surface area contributed by atoms with Gasteiger partial charge >= 0.3 is 0 Å². The van der Waals surface area contributed by atoms with E-state index in [1.54, 1.807) is 0 Å². The Morgan fingerprint density at radius 2 is 1.74 bits per heavy atom. The summed E-state index contributed by atoms with van der Waals surface area (Å²) in [5.41, 5.74) is 1.36. The molecule has 0 unspecified atom stereocenters. The van der Waals surface area contributed by atoms with Crippen molar-refractivity contribution in [3.8, 4) is 0 Å². The maximum atomic E-state index is 10.4. The zero-order valence-corrected chi connectivity index (χ0v) is 11.7. The van der Waals surface area contributed by atoms with Gasteiger partial charge in [0.25, 0.3) is 0 Å². The van der Waals surface area contributed by atoms with E-state index in [2.05, 4.69) is 35.2 Å². The van der Waals surface area contributed by atoms with Gasteiger partial charge in [0.15, 0.2) is 0 Å². The van der Waals surface area contributed by atoms with Crippen molar-refractivity contribution in [2.24, 2.45) is 0 Å². The third kappa shape index (κ3) is 3.01. The fourth-order valence-electron chi connectivity index (χ4n) is 3.86. The summed E-state index contributed by atoms with van der Waals surface area (Å²) in [5, 5.41) is 10.4. The van der Waals surface area contributed by atoms with Gasteiger partial charge < -0.3 is 5.11 Å². The van der Waals surface area contributed by atoms with Crippen LogP contribution in [0.4, 0.5) is 0 Å². The van der Waals surface area contributed by atoms with E-state index in [9.17, 15) is 5.11 Å². The lowest BCUT2D eigenvalue weighted by Gasteiger charge is -2.43. The van der Waals surface area contributed by atoms with Gasteiger partial charge in [0.2, 0.25) is 0 Å². The fourth-order valence-corrected chi connectivity index (χ4v) is 3.86. The molecule has 104 valence electrons. The van der Waals surface area contributed by atoms with Crippen LogP contribution in [0.1, 0.15) is 44.1 Å². The van der Waals surface area contributed by atoms with Crippen LogP contribution in [0.5, 0.6) is 0 Å². The number of aliphatic hydroxyl groups excluding tert-OH is 1. The summed E-state index contributed by atoms with van der Waals surface area (Å²) >= 11 is 0. The third-order valence-corrected chi connectivity index (χ3v) is 4.87. The average molecular weight is 259 g/mol. The second kappa shape index (κ2) is 6.06. The molecule has 3 rings (SSSR count). The molecule has 2 heteroatoms. The molecule has 1 aromatic rings. The molecular weight excluding hydrogens is 234 g/mol. The molecule has 0 aromatic heterocycles. The first kappa shape index (κ1) is 13.1. The maximum absolute atomic E-state index is 10.4. The van der Waals surface area contributed by atoms with Gasteiger partial charge in [0.1, 0.15) is 0 Å². The average Bonchev–Trinajstić information content (AvgIpc) is 2.96. The van der Waals surface area contributed by atoms with Crippen molar-refractivity contribution in [2.75, 3.05) is 6.54 Å². The molecule has 1 heterocycles. The Morgan fingerprint density at radius 3 is 2.47 bits per heavy atom. The number of benzene rings is 1. The van der Waals surface area contributed by atoms with Crippen LogP contribution in [0.15, 0.2) is 30.3 Å². The van der Waals surface area contributed by atoms with E-state index >= 15 is 0 Å². The number of likely N-dealkylation sites (tertiary alicyclic amines) is 1. The highest BCUT2D eigenvalue weighted by atomic mass is 16.3. The number of aliphatic hydroxyl groups is 1. The molecule has 1 aliphatic heterocycles. The van der Waals surface area contributed by atoms with Crippen molar-refractivity contribution < 1.29 is 5.11 Å². The van der Waals surface area contributed by atoms with Gasteiger partial charge in [-0.3, -0.25) is 4.90 Å². The van der Waals surface area contributed by atoms with E-state index in [0.717, 1.165) is 25.3 Å². The molecule has 2 nitrogen and oxygen atoms in total. The van der Waals surface area contributed by atoms with Crippen molar-refractivity contribution in [3.05, 3.63) is 35.9 Å². The van der Waals surface area contributed by atoms with E-state index in [4.69, 9.17) is 0 Å². The summed E-state index contributed by atoms with van der Waals surface area (Å²) in [6.45, 7) is 1.18. The number of nitrogens with zero attached hydrogens (tertiary/aromatic N) is 1. The number of piperidine rings is 1. The van der Waals surface area contributed by atoms with Gasteiger partial charge in [-0.05, 0) is 44.2 Å². The summed E-state index contributed by atoms with van der Waals surface area (Å²) in [7, 11) is 0. The number of rotatable bonds is 3. The van der Waals surface area contributed by atoms with Crippen LogP contribution >= 0.6 is 0 Å². The predicted octanol–water partition coefficient (Wildman–Crippen LogP) is 3.00. The first-order valence-electron chi connectivity index (χ1n) is 7.82. The van der Waals surface area contributed by atoms with Crippen LogP contribution < -0.4 is 0 Å². The maximum Gasteiger partial charge on any atom is 0.0699 e. The number of hydrogen-bond donors (Lipinski definition) is 1. The smallest absolute Gasteiger partial charge is 0.0699 e. The van der Waals surface area contributed by atoms with Gasteiger partial charge in [-0.2, -0.15) is 0 Å². The van der Waals surface area contributed by atoms with E-state index in [-0.39, 0.29) is 6.10 Å². The molecule has 2 aliphatic rings. The van der Waals surface area contributed by atoms with Gasteiger partial charge in [-0.25, -0.2) is 0 Å². The van der Waals surface area contributed by atoms with Gasteiger partial charge in [-0.15, -0.1) is 0 Å². The molecule has 19 heavy (non-hydrogen) atoms. The highest BCUT2D eigenvalue weighted by Crippen LogP contribution is 2.30. The third-order valence-electron chi connectivity index (χ3n) is 4.87. The topological polar surface area (TPSA) is 23.5 Å². The summed E-state index contributed by atoms with van der Waals surface area (Å²) in [4.78, 5) is 2.62. The molecule has 1 aliphatic carbocycles. The summed E-state index contributed by atoms with van der Waals surface area (Å²) in [5.74, 6) is 0. The highest BCUT2D eigenvalue weighted by Gasteiger charge is 2.35. The lowest BCUT2D eigenvalue weighted by molar-refractivity contribution is -0.0108. The normalized spacial score (nSPS) is 29.7. The zero-order chi connectivity index (χ0) is 13.1. The molecule has 1 aromatic carbocycles. The van der Waals surface area contributed by atoms with E-state index < -0.39 is 0 Å². The van der Waals surface area contributed by atoms with Crippen LogP contribution in [0, 0.1) is 0 Å². The van der Waals surface area contributed by atoms with Gasteiger partial charge in [0, 0.05) is 12.1 Å². The second-order valence-corrected chi connectivity index (χ2v) is 6.14. The first-order chi connectivity index (χ1) is 9.34. The molecule has 0 amide bonds. The Balaban J connectivity index is 1.73. The lowest BCUT2D eigenvalue weighted by Crippen LogP contribution is -2.53. The Bertz CT molecular complexity index is 386. The van der Waals surface area contributed by atoms with E-state index in [1.807, 2.05) is 0 Å². The molecule has 2 atom stereocenters. The Morgan fingerprint density at radius 1 is 1.00 bits per heavy atom. The van der Waals surface area contributed by atoms with Crippen LogP contribution in [0.2, 0.25) is 0 Å². The van der Waals surface area contributed by atoms with Gasteiger partial charge in [-0.1, -0.05) is 43.2 Å². The Labute approximate surface area is 116 Å². The molecular formula is C17H25NO. The largest absolute Gasteiger partial charge is 0.391 e. The molecule has 1 saturated heterocycles. The van der Waals surface area contributed by atoms with Crippen molar-refractivity contribution >= 4 is 0 Å². The van der Waals surface area contributed by atoms with Crippen LogP contribution in [0.25, 0.3) is 0 Å². The standard InChI is InChI=1S/C17H25NO/c19-17-11-6-12-18(15-9-4-5-10-15)16(17)13-14-7-2-1-3-8-14/h1-3,7-8,15-17,19H,4-6,9-13H2/t16-,17-/m0/s1. The van der Waals surface area contributed by atoms with E-state index in [1.165, 1.54) is 37.8 Å². The number of hydrogen-bond acceptors (Lipinski definition) is 2. The summed E-state index contributed by atoms with van der Waals surface area (Å²) in [6.07, 6.45) is 8.39. The SMILES string of the molecule is O[C@H]1CCCN(C2CCCC2)[C@H]1Cc1ccccc1. The summed E-state index contributed by atoms with van der Waals surface area (Å²) < 4.78 is 0. The molecule has 1 N–H and O–H groups in total. The minimum absolute atomic E-state index is 0.144. The van der Waals surface area contributed by atoms with Gasteiger partial charge in [0.05, 0.1) is 6.10 Å². The minimum Gasteiger partial charge on any atom is -0.391 e. The Kier molecular flexibility index (Phi) is 4.19. The van der Waals surface area contributed by atoms with Crippen LogP contribution in [0.3, 0.4) is 0 Å². The predicted molar refractivity (Wildman–Crippen MR) is 78.1 cm³/mol. The first-order valence-corrected chi connectivity index (χ1v) is 7.82. The fraction of sp³-hybridized carbons (Fsp3) is 0.647. The van der Waals surface area contributed by atoms with E-state index in [0.29, 0.717) is 6.04 Å². The molecule has 0 bridgehead atoms. The monoisotopic (exact) mass is 259 g/mol. The highest BCUT2D eigenvalue weighted by molar-refractivity contribution is 5.16. The van der Waals surface area contributed by atoms with Crippen molar-refractivity contribution in [1.29, 1.82) is 0 Å². The van der Waals surface area contributed by atoms with Crippen molar-refractivity contribution in [3.63, 3.8) is 0 Å². The second-order valence-electron chi connectivity index (χ2n) is 6.14. The molecule has 0 radical (unpaired) electrons. The van der Waals surface area contributed by atoms with Crippen molar-refractivity contribution in [2.45, 2.75) is 63.1 Å².